The van der Waals surface area contributed by atoms with Crippen molar-refractivity contribution in [2.45, 2.75) is 13.0 Å². The minimum atomic E-state index is -0.0153. The lowest BCUT2D eigenvalue weighted by atomic mass is 10.1. The van der Waals surface area contributed by atoms with Crippen LogP contribution in [0.15, 0.2) is 40.9 Å². The predicted molar refractivity (Wildman–Crippen MR) is 90.8 cm³/mol. The molecule has 20 heavy (non-hydrogen) atoms. The van der Waals surface area contributed by atoms with Gasteiger partial charge >= 0.3 is 0 Å². The van der Waals surface area contributed by atoms with Crippen LogP contribution in [0.1, 0.15) is 17.2 Å². The molecule has 0 fully saturated rings. The zero-order valence-electron chi connectivity index (χ0n) is 11.0. The molecule has 0 amide bonds. The summed E-state index contributed by atoms with van der Waals surface area (Å²) in [5.74, 6) is 0. The molecule has 2 aromatic carbocycles. The molecule has 0 heterocycles. The second kappa shape index (κ2) is 6.81. The van der Waals surface area contributed by atoms with E-state index in [1.165, 1.54) is 5.56 Å². The summed E-state index contributed by atoms with van der Waals surface area (Å²) in [5, 5.41) is 4.50. The number of hydrogen-bond acceptors (Lipinski definition) is 2. The maximum absolute atomic E-state index is 6.06. The van der Waals surface area contributed by atoms with Crippen molar-refractivity contribution in [1.29, 1.82) is 0 Å². The van der Waals surface area contributed by atoms with Crippen LogP contribution in [0, 0.1) is 6.92 Å². The molecule has 2 nitrogen and oxygen atoms in total. The molecule has 0 spiro atoms. The molecule has 0 saturated carbocycles. The highest BCUT2D eigenvalue weighted by Crippen LogP contribution is 2.28. The Bertz CT molecular complexity index is 597. The van der Waals surface area contributed by atoms with Gasteiger partial charge in [-0.3, -0.25) is 0 Å². The Morgan fingerprint density at radius 1 is 1.15 bits per heavy atom. The van der Waals surface area contributed by atoms with E-state index in [2.05, 4.69) is 33.4 Å². The molecule has 0 aliphatic heterocycles. The van der Waals surface area contributed by atoms with Crippen molar-refractivity contribution < 1.29 is 0 Å². The molecule has 0 saturated heterocycles. The van der Waals surface area contributed by atoms with Crippen LogP contribution in [0.3, 0.4) is 0 Å². The molecule has 3 N–H and O–H groups in total. The fourth-order valence-corrected chi connectivity index (χ4v) is 2.94. The molecule has 5 heteroatoms. The Kier molecular flexibility index (Phi) is 5.33. The monoisotopic (exact) mass is 372 g/mol. The van der Waals surface area contributed by atoms with E-state index in [9.17, 15) is 0 Å². The number of aryl methyl sites for hydroxylation is 1. The van der Waals surface area contributed by atoms with Gasteiger partial charge in [-0.05, 0) is 48.4 Å². The first-order valence-corrected chi connectivity index (χ1v) is 7.73. The lowest BCUT2D eigenvalue weighted by Crippen LogP contribution is -2.20. The zero-order chi connectivity index (χ0) is 14.7. The molecule has 106 valence electrons. The number of benzene rings is 2. The summed E-state index contributed by atoms with van der Waals surface area (Å²) in [5.41, 5.74) is 9.07. The third-order valence-electron chi connectivity index (χ3n) is 2.96. The van der Waals surface area contributed by atoms with Crippen molar-refractivity contribution in [1.82, 2.24) is 0 Å². The third kappa shape index (κ3) is 3.89. The van der Waals surface area contributed by atoms with Crippen LogP contribution in [0.2, 0.25) is 10.0 Å². The van der Waals surface area contributed by atoms with Crippen LogP contribution in [0.5, 0.6) is 0 Å². The molecule has 0 aliphatic carbocycles. The molecule has 2 rings (SSSR count). The van der Waals surface area contributed by atoms with Gasteiger partial charge in [-0.2, -0.15) is 0 Å². The maximum atomic E-state index is 6.06. The van der Waals surface area contributed by atoms with Gasteiger partial charge in [-0.25, -0.2) is 0 Å². The summed E-state index contributed by atoms with van der Waals surface area (Å²) >= 11 is 15.5. The first-order chi connectivity index (χ1) is 9.49. The Hall–Kier alpha value is -0.740. The quantitative estimate of drug-likeness (QED) is 0.775. The molecule has 2 aromatic rings. The van der Waals surface area contributed by atoms with E-state index < -0.39 is 0 Å². The number of nitrogens with one attached hydrogen (secondary N) is 1. The second-order valence-corrected chi connectivity index (χ2v) is 6.35. The van der Waals surface area contributed by atoms with Gasteiger partial charge in [0.25, 0.3) is 0 Å². The first kappa shape index (κ1) is 15.6. The SMILES string of the molecule is Cc1cc(Br)cc(NC(CN)c2ccc(Cl)c(Cl)c2)c1. The van der Waals surface area contributed by atoms with E-state index >= 15 is 0 Å². The molecule has 0 aliphatic rings. The summed E-state index contributed by atoms with van der Waals surface area (Å²) in [7, 11) is 0. The molecule has 0 bridgehead atoms. The average Bonchev–Trinajstić information content (AvgIpc) is 2.38. The topological polar surface area (TPSA) is 38.0 Å². The Balaban J connectivity index is 2.26. The fraction of sp³-hybridized carbons (Fsp3) is 0.200. The summed E-state index contributed by atoms with van der Waals surface area (Å²) in [4.78, 5) is 0. The Morgan fingerprint density at radius 3 is 2.50 bits per heavy atom. The largest absolute Gasteiger partial charge is 0.377 e. The first-order valence-electron chi connectivity index (χ1n) is 6.18. The predicted octanol–water partition coefficient (Wildman–Crippen LogP) is 5.18. The molecular weight excluding hydrogens is 359 g/mol. The van der Waals surface area contributed by atoms with Crippen LogP contribution in [0.4, 0.5) is 5.69 Å². The number of nitrogens with two attached hydrogens (primary N) is 1. The molecule has 1 atom stereocenters. The standard InChI is InChI=1S/C15H15BrCl2N2/c1-9-4-11(16)7-12(5-9)20-15(8-19)10-2-3-13(17)14(18)6-10/h2-7,15,20H,8,19H2,1H3. The van der Waals surface area contributed by atoms with Crippen LogP contribution >= 0.6 is 39.1 Å². The Morgan fingerprint density at radius 2 is 1.90 bits per heavy atom. The minimum Gasteiger partial charge on any atom is -0.377 e. The lowest BCUT2D eigenvalue weighted by molar-refractivity contribution is 0.790. The number of rotatable bonds is 4. The second-order valence-electron chi connectivity index (χ2n) is 4.62. The minimum absolute atomic E-state index is 0.0153. The highest BCUT2D eigenvalue weighted by atomic mass is 79.9. The summed E-state index contributed by atoms with van der Waals surface area (Å²) in [6, 6.07) is 11.7. The van der Waals surface area contributed by atoms with Crippen molar-refractivity contribution in [2.75, 3.05) is 11.9 Å². The molecule has 1 unspecified atom stereocenters. The van der Waals surface area contributed by atoms with Crippen molar-refractivity contribution in [2.24, 2.45) is 5.73 Å². The van der Waals surface area contributed by atoms with Gasteiger partial charge in [0.1, 0.15) is 0 Å². The number of halogens is 3. The van der Waals surface area contributed by atoms with Gasteiger partial charge < -0.3 is 11.1 Å². The van der Waals surface area contributed by atoms with E-state index in [0.717, 1.165) is 15.7 Å². The van der Waals surface area contributed by atoms with Gasteiger partial charge in [0.15, 0.2) is 0 Å². The van der Waals surface area contributed by atoms with Crippen LogP contribution in [-0.2, 0) is 0 Å². The molecule has 0 radical (unpaired) electrons. The highest BCUT2D eigenvalue weighted by molar-refractivity contribution is 9.10. The average molecular weight is 374 g/mol. The zero-order valence-corrected chi connectivity index (χ0v) is 14.1. The Labute approximate surface area is 137 Å². The molecule has 0 aromatic heterocycles. The highest BCUT2D eigenvalue weighted by Gasteiger charge is 2.11. The van der Waals surface area contributed by atoms with Crippen molar-refractivity contribution in [3.8, 4) is 0 Å². The van der Waals surface area contributed by atoms with E-state index in [1.807, 2.05) is 25.1 Å². The summed E-state index contributed by atoms with van der Waals surface area (Å²) < 4.78 is 1.03. The van der Waals surface area contributed by atoms with Crippen molar-refractivity contribution in [3.63, 3.8) is 0 Å². The normalized spacial score (nSPS) is 12.2. The number of hydrogen-bond donors (Lipinski definition) is 2. The van der Waals surface area contributed by atoms with E-state index in [1.54, 1.807) is 6.07 Å². The van der Waals surface area contributed by atoms with Gasteiger partial charge in [0, 0.05) is 16.7 Å². The smallest absolute Gasteiger partial charge is 0.0636 e. The maximum Gasteiger partial charge on any atom is 0.0636 e. The summed E-state index contributed by atoms with van der Waals surface area (Å²) in [6.45, 7) is 2.51. The van der Waals surface area contributed by atoms with Crippen molar-refractivity contribution >= 4 is 44.8 Å². The van der Waals surface area contributed by atoms with Crippen LogP contribution in [0.25, 0.3) is 0 Å². The van der Waals surface area contributed by atoms with Gasteiger partial charge in [-0.15, -0.1) is 0 Å². The van der Waals surface area contributed by atoms with Gasteiger partial charge in [0.05, 0.1) is 16.1 Å². The van der Waals surface area contributed by atoms with E-state index in [0.29, 0.717) is 16.6 Å². The number of anilines is 1. The third-order valence-corrected chi connectivity index (χ3v) is 4.16. The van der Waals surface area contributed by atoms with Crippen LogP contribution < -0.4 is 11.1 Å². The molecular formula is C15H15BrCl2N2. The summed E-state index contributed by atoms with van der Waals surface area (Å²) in [6.07, 6.45) is 0. The van der Waals surface area contributed by atoms with Gasteiger partial charge in [0.2, 0.25) is 0 Å². The van der Waals surface area contributed by atoms with Crippen LogP contribution in [-0.4, -0.2) is 6.54 Å². The van der Waals surface area contributed by atoms with Gasteiger partial charge in [-0.1, -0.05) is 45.2 Å². The van der Waals surface area contributed by atoms with E-state index in [-0.39, 0.29) is 6.04 Å². The van der Waals surface area contributed by atoms with E-state index in [4.69, 9.17) is 28.9 Å². The lowest BCUT2D eigenvalue weighted by Gasteiger charge is -2.19. The fourth-order valence-electron chi connectivity index (χ4n) is 2.03. The van der Waals surface area contributed by atoms with Crippen molar-refractivity contribution in [3.05, 3.63) is 62.0 Å².